The molecule has 0 fully saturated rings. The van der Waals surface area contributed by atoms with Crippen LogP contribution >= 0.6 is 0 Å². The van der Waals surface area contributed by atoms with Crippen LogP contribution in [0.2, 0.25) is 0 Å². The summed E-state index contributed by atoms with van der Waals surface area (Å²) in [5, 5.41) is 26.9. The quantitative estimate of drug-likeness (QED) is 0.455. The summed E-state index contributed by atoms with van der Waals surface area (Å²) in [5.74, 6) is -0.688. The third-order valence-electron chi connectivity index (χ3n) is 4.72. The molecular formula is C22H20N4O3. The minimum Gasteiger partial charge on any atom is -0.504 e. The van der Waals surface area contributed by atoms with E-state index in [1.807, 2.05) is 37.3 Å². The number of rotatable bonds is 5. The topological polar surface area (TPSA) is 100 Å². The van der Waals surface area contributed by atoms with Crippen molar-refractivity contribution in [1.29, 1.82) is 0 Å². The van der Waals surface area contributed by atoms with E-state index in [4.69, 9.17) is 4.98 Å². The maximum atomic E-state index is 13.0. The molecule has 29 heavy (non-hydrogen) atoms. The Kier molecular flexibility index (Phi) is 4.87. The first-order chi connectivity index (χ1) is 14.1. The number of phenolic OH excluding ortho intramolecular Hbond substituents is 2. The highest BCUT2D eigenvalue weighted by atomic mass is 16.3. The Bertz CT molecular complexity index is 1190. The van der Waals surface area contributed by atoms with Crippen LogP contribution in [0, 0.1) is 0 Å². The van der Waals surface area contributed by atoms with E-state index in [1.54, 1.807) is 23.0 Å². The molecule has 0 saturated carbocycles. The van der Waals surface area contributed by atoms with Crippen molar-refractivity contribution in [3.63, 3.8) is 0 Å². The van der Waals surface area contributed by atoms with Crippen molar-refractivity contribution < 1.29 is 15.0 Å². The number of carbonyl (C=O) groups is 1. The highest BCUT2D eigenvalue weighted by Crippen LogP contribution is 2.26. The number of hydrogen-bond acceptors (Lipinski definition) is 5. The van der Waals surface area contributed by atoms with Gasteiger partial charge in [-0.3, -0.25) is 4.79 Å². The predicted octanol–water partition coefficient (Wildman–Crippen LogP) is 3.46. The van der Waals surface area contributed by atoms with Gasteiger partial charge < -0.3 is 15.5 Å². The standard InChI is InChI=1S/C22H20N4O3/c1-2-26-21-17(13-24-26)16(11-18(25-21)15-6-4-3-5-7-15)22(29)23-12-14-8-9-19(27)20(28)10-14/h3-11,13,27-28H,2,12H2,1H3,(H,23,29). The molecule has 0 aliphatic carbocycles. The Morgan fingerprint density at radius 2 is 1.86 bits per heavy atom. The van der Waals surface area contributed by atoms with Crippen molar-refractivity contribution in [2.45, 2.75) is 20.0 Å². The van der Waals surface area contributed by atoms with Crippen molar-refractivity contribution in [1.82, 2.24) is 20.1 Å². The second-order valence-corrected chi connectivity index (χ2v) is 6.62. The number of fused-ring (bicyclic) bond motifs is 1. The summed E-state index contributed by atoms with van der Waals surface area (Å²) in [6.07, 6.45) is 1.65. The molecule has 1 amide bonds. The summed E-state index contributed by atoms with van der Waals surface area (Å²) in [6, 6.07) is 15.9. The molecular weight excluding hydrogens is 368 g/mol. The van der Waals surface area contributed by atoms with Gasteiger partial charge in [0, 0.05) is 18.7 Å². The van der Waals surface area contributed by atoms with Crippen LogP contribution in [0.25, 0.3) is 22.3 Å². The fourth-order valence-corrected chi connectivity index (χ4v) is 3.18. The van der Waals surface area contributed by atoms with Crippen molar-refractivity contribution >= 4 is 16.9 Å². The predicted molar refractivity (Wildman–Crippen MR) is 110 cm³/mol. The first-order valence-electron chi connectivity index (χ1n) is 9.28. The summed E-state index contributed by atoms with van der Waals surface area (Å²) >= 11 is 0. The van der Waals surface area contributed by atoms with Gasteiger partial charge in [-0.15, -0.1) is 0 Å². The fourth-order valence-electron chi connectivity index (χ4n) is 3.18. The lowest BCUT2D eigenvalue weighted by atomic mass is 10.1. The van der Waals surface area contributed by atoms with E-state index >= 15 is 0 Å². The van der Waals surface area contributed by atoms with Gasteiger partial charge in [-0.25, -0.2) is 9.67 Å². The largest absolute Gasteiger partial charge is 0.504 e. The number of nitrogens with one attached hydrogen (secondary N) is 1. The highest BCUT2D eigenvalue weighted by molar-refractivity contribution is 6.06. The molecule has 0 spiro atoms. The van der Waals surface area contributed by atoms with Crippen LogP contribution in [-0.2, 0) is 13.1 Å². The van der Waals surface area contributed by atoms with E-state index in [2.05, 4.69) is 10.4 Å². The number of pyridine rings is 1. The molecule has 0 bridgehead atoms. The Balaban J connectivity index is 1.70. The number of aromatic hydroxyl groups is 2. The van der Waals surface area contributed by atoms with E-state index in [0.29, 0.717) is 34.4 Å². The fraction of sp³-hybridized carbons (Fsp3) is 0.136. The minimum atomic E-state index is -0.266. The van der Waals surface area contributed by atoms with Gasteiger partial charge in [0.15, 0.2) is 17.1 Å². The summed E-state index contributed by atoms with van der Waals surface area (Å²) in [7, 11) is 0. The van der Waals surface area contributed by atoms with Crippen molar-refractivity contribution in [3.8, 4) is 22.8 Å². The van der Waals surface area contributed by atoms with Gasteiger partial charge in [-0.2, -0.15) is 5.10 Å². The zero-order valence-electron chi connectivity index (χ0n) is 15.8. The van der Waals surface area contributed by atoms with Gasteiger partial charge in [0.05, 0.1) is 22.8 Å². The van der Waals surface area contributed by atoms with Gasteiger partial charge in [0.2, 0.25) is 0 Å². The Morgan fingerprint density at radius 3 is 2.59 bits per heavy atom. The third-order valence-corrected chi connectivity index (χ3v) is 4.72. The zero-order valence-corrected chi connectivity index (χ0v) is 15.8. The van der Waals surface area contributed by atoms with E-state index in [0.717, 1.165) is 5.56 Å². The van der Waals surface area contributed by atoms with Gasteiger partial charge in [0.1, 0.15) is 0 Å². The molecule has 0 saturated heterocycles. The number of phenols is 2. The molecule has 4 aromatic rings. The third kappa shape index (κ3) is 3.62. The molecule has 7 nitrogen and oxygen atoms in total. The lowest BCUT2D eigenvalue weighted by Crippen LogP contribution is -2.23. The van der Waals surface area contributed by atoms with Gasteiger partial charge >= 0.3 is 0 Å². The normalized spacial score (nSPS) is 10.9. The molecule has 146 valence electrons. The molecule has 0 aliphatic rings. The molecule has 4 rings (SSSR count). The maximum Gasteiger partial charge on any atom is 0.252 e. The first-order valence-corrected chi connectivity index (χ1v) is 9.28. The average Bonchev–Trinajstić information content (AvgIpc) is 3.17. The van der Waals surface area contributed by atoms with Crippen LogP contribution in [0.4, 0.5) is 0 Å². The minimum absolute atomic E-state index is 0.199. The molecule has 3 N–H and O–H groups in total. The lowest BCUT2D eigenvalue weighted by molar-refractivity contribution is 0.0952. The number of carbonyl (C=O) groups excluding carboxylic acids is 1. The zero-order chi connectivity index (χ0) is 20.4. The number of aromatic nitrogens is 3. The van der Waals surface area contributed by atoms with Crippen LogP contribution < -0.4 is 5.32 Å². The maximum absolute atomic E-state index is 13.0. The number of hydrogen-bond donors (Lipinski definition) is 3. The lowest BCUT2D eigenvalue weighted by Gasteiger charge is -2.10. The average molecular weight is 388 g/mol. The van der Waals surface area contributed by atoms with Crippen LogP contribution in [0.5, 0.6) is 11.5 Å². The summed E-state index contributed by atoms with van der Waals surface area (Å²) in [4.78, 5) is 17.7. The Labute approximate surface area is 167 Å². The number of benzene rings is 2. The van der Waals surface area contributed by atoms with Gasteiger partial charge in [-0.05, 0) is 30.7 Å². The summed E-state index contributed by atoms with van der Waals surface area (Å²) in [5.41, 5.74) is 3.42. The number of amides is 1. The van der Waals surface area contributed by atoms with Gasteiger partial charge in [0.25, 0.3) is 5.91 Å². The molecule has 0 unspecified atom stereocenters. The second-order valence-electron chi connectivity index (χ2n) is 6.62. The van der Waals surface area contributed by atoms with E-state index < -0.39 is 0 Å². The van der Waals surface area contributed by atoms with Crippen molar-refractivity contribution in [2.24, 2.45) is 0 Å². The summed E-state index contributed by atoms with van der Waals surface area (Å²) < 4.78 is 1.76. The molecule has 0 atom stereocenters. The Morgan fingerprint density at radius 1 is 1.07 bits per heavy atom. The number of aryl methyl sites for hydroxylation is 1. The Hall–Kier alpha value is -3.87. The SMILES string of the molecule is CCn1ncc2c(C(=O)NCc3ccc(O)c(O)c3)cc(-c3ccccc3)nc21. The molecule has 7 heteroatoms. The smallest absolute Gasteiger partial charge is 0.252 e. The van der Waals surface area contributed by atoms with Crippen molar-refractivity contribution in [2.75, 3.05) is 0 Å². The van der Waals surface area contributed by atoms with E-state index in [-0.39, 0.29) is 24.0 Å². The molecule has 2 aromatic heterocycles. The second kappa shape index (κ2) is 7.63. The van der Waals surface area contributed by atoms with Crippen LogP contribution in [-0.4, -0.2) is 30.9 Å². The van der Waals surface area contributed by atoms with Crippen LogP contribution in [0.15, 0.2) is 60.8 Å². The highest BCUT2D eigenvalue weighted by Gasteiger charge is 2.17. The van der Waals surface area contributed by atoms with Crippen LogP contribution in [0.3, 0.4) is 0 Å². The van der Waals surface area contributed by atoms with E-state index in [1.165, 1.54) is 12.1 Å². The molecule has 2 heterocycles. The molecule has 2 aromatic carbocycles. The molecule has 0 radical (unpaired) electrons. The van der Waals surface area contributed by atoms with Gasteiger partial charge in [-0.1, -0.05) is 36.4 Å². The number of nitrogens with zero attached hydrogens (tertiary/aromatic N) is 3. The van der Waals surface area contributed by atoms with Crippen molar-refractivity contribution in [3.05, 3.63) is 71.9 Å². The molecule has 0 aliphatic heterocycles. The first kappa shape index (κ1) is 18.5. The van der Waals surface area contributed by atoms with E-state index in [9.17, 15) is 15.0 Å². The van der Waals surface area contributed by atoms with Crippen LogP contribution in [0.1, 0.15) is 22.8 Å². The summed E-state index contributed by atoms with van der Waals surface area (Å²) in [6.45, 7) is 2.82. The monoisotopic (exact) mass is 388 g/mol.